The normalized spacial score (nSPS) is 15.3. The number of benzene rings is 2. The quantitative estimate of drug-likeness (QED) is 0.532. The summed E-state index contributed by atoms with van der Waals surface area (Å²) in [6.07, 6.45) is 1.76. The van der Waals surface area contributed by atoms with E-state index in [4.69, 9.17) is 16.3 Å². The van der Waals surface area contributed by atoms with Gasteiger partial charge in [-0.15, -0.1) is 0 Å². The van der Waals surface area contributed by atoms with Crippen LogP contribution in [0.15, 0.2) is 53.4 Å². The summed E-state index contributed by atoms with van der Waals surface area (Å²) in [6.45, 7) is 6.53. The number of rotatable bonds is 8. The second-order valence-corrected chi connectivity index (χ2v) is 7.83. The summed E-state index contributed by atoms with van der Waals surface area (Å²) in [6, 6.07) is 14.9. The summed E-state index contributed by atoms with van der Waals surface area (Å²) in [7, 11) is 0. The fraction of sp³-hybridized carbons (Fsp3) is 0.273. The van der Waals surface area contributed by atoms with E-state index in [0.717, 1.165) is 36.1 Å². The molecule has 1 fully saturated rings. The SMILES string of the molecule is CCN(CC)c1ccc(/C=C2\SC(=O)N(CCOc3ccc(Cl)cc3)C2=O)cc1. The van der Waals surface area contributed by atoms with E-state index in [1.807, 2.05) is 24.3 Å². The van der Waals surface area contributed by atoms with Gasteiger partial charge in [-0.3, -0.25) is 14.5 Å². The van der Waals surface area contributed by atoms with Crippen LogP contribution in [0.4, 0.5) is 10.5 Å². The lowest BCUT2D eigenvalue weighted by atomic mass is 10.1. The molecule has 0 spiro atoms. The maximum absolute atomic E-state index is 12.6. The smallest absolute Gasteiger partial charge is 0.293 e. The summed E-state index contributed by atoms with van der Waals surface area (Å²) in [5.74, 6) is 0.359. The number of hydrogen-bond donors (Lipinski definition) is 0. The van der Waals surface area contributed by atoms with E-state index in [2.05, 4.69) is 18.7 Å². The van der Waals surface area contributed by atoms with E-state index in [9.17, 15) is 9.59 Å². The molecule has 152 valence electrons. The highest BCUT2D eigenvalue weighted by Gasteiger charge is 2.34. The Hall–Kier alpha value is -2.44. The molecule has 2 aromatic rings. The Balaban J connectivity index is 1.61. The topological polar surface area (TPSA) is 49.9 Å². The van der Waals surface area contributed by atoms with Crippen LogP contribution >= 0.6 is 23.4 Å². The highest BCUT2D eigenvalue weighted by atomic mass is 35.5. The summed E-state index contributed by atoms with van der Waals surface area (Å²) in [5.41, 5.74) is 2.03. The molecule has 0 saturated carbocycles. The van der Waals surface area contributed by atoms with Crippen molar-refractivity contribution in [3.05, 3.63) is 64.0 Å². The number of halogens is 1. The lowest BCUT2D eigenvalue weighted by Crippen LogP contribution is -2.32. The molecule has 0 unspecified atom stereocenters. The second-order valence-electron chi connectivity index (χ2n) is 6.40. The number of anilines is 1. The zero-order valence-electron chi connectivity index (χ0n) is 16.4. The molecule has 0 bridgehead atoms. The van der Waals surface area contributed by atoms with Crippen LogP contribution in [0, 0.1) is 0 Å². The van der Waals surface area contributed by atoms with Crippen LogP contribution < -0.4 is 9.64 Å². The lowest BCUT2D eigenvalue weighted by molar-refractivity contribution is -0.123. The molecule has 29 heavy (non-hydrogen) atoms. The summed E-state index contributed by atoms with van der Waals surface area (Å²) >= 11 is 6.80. The molecular weight excluding hydrogens is 408 g/mol. The molecule has 1 heterocycles. The number of hydrogen-bond acceptors (Lipinski definition) is 5. The number of ether oxygens (including phenoxy) is 1. The summed E-state index contributed by atoms with van der Waals surface area (Å²) in [5, 5.41) is 0.347. The minimum Gasteiger partial charge on any atom is -0.492 e. The highest BCUT2D eigenvalue weighted by molar-refractivity contribution is 8.18. The largest absolute Gasteiger partial charge is 0.492 e. The van der Waals surface area contributed by atoms with Gasteiger partial charge in [-0.1, -0.05) is 23.7 Å². The number of thioether (sulfide) groups is 1. The van der Waals surface area contributed by atoms with E-state index >= 15 is 0 Å². The van der Waals surface area contributed by atoms with Gasteiger partial charge < -0.3 is 9.64 Å². The van der Waals surface area contributed by atoms with Gasteiger partial charge in [0.05, 0.1) is 11.4 Å². The highest BCUT2D eigenvalue weighted by Crippen LogP contribution is 2.32. The Labute approximate surface area is 180 Å². The van der Waals surface area contributed by atoms with Crippen molar-refractivity contribution >= 4 is 46.3 Å². The van der Waals surface area contributed by atoms with Crippen molar-refractivity contribution in [2.45, 2.75) is 13.8 Å². The lowest BCUT2D eigenvalue weighted by Gasteiger charge is -2.20. The number of carbonyl (C=O) groups excluding carboxylic acids is 2. The predicted molar refractivity (Wildman–Crippen MR) is 120 cm³/mol. The summed E-state index contributed by atoms with van der Waals surface area (Å²) in [4.78, 5) is 28.7. The molecule has 5 nitrogen and oxygen atoms in total. The molecule has 3 rings (SSSR count). The Kier molecular flexibility index (Phi) is 7.23. The first-order valence-electron chi connectivity index (χ1n) is 9.50. The minimum absolute atomic E-state index is 0.200. The standard InChI is InChI=1S/C22H23ClN2O3S/c1-3-24(4-2)18-9-5-16(6-10-18)15-20-21(26)25(22(27)29-20)13-14-28-19-11-7-17(23)8-12-19/h5-12,15H,3-4,13-14H2,1-2H3/b20-15-. The average molecular weight is 431 g/mol. The van der Waals surface area contributed by atoms with Gasteiger partial charge >= 0.3 is 0 Å². The maximum atomic E-state index is 12.6. The van der Waals surface area contributed by atoms with Crippen LogP contribution in [0.5, 0.6) is 5.75 Å². The Morgan fingerprint density at radius 3 is 2.31 bits per heavy atom. The number of nitrogens with zero attached hydrogens (tertiary/aromatic N) is 2. The number of amides is 2. The molecule has 1 aliphatic heterocycles. The van der Waals surface area contributed by atoms with Gasteiger partial charge in [0.25, 0.3) is 11.1 Å². The van der Waals surface area contributed by atoms with Crippen molar-refractivity contribution < 1.29 is 14.3 Å². The zero-order valence-corrected chi connectivity index (χ0v) is 18.0. The van der Waals surface area contributed by atoms with Gasteiger partial charge in [0.2, 0.25) is 0 Å². The van der Waals surface area contributed by atoms with Crippen molar-refractivity contribution in [1.82, 2.24) is 4.90 Å². The van der Waals surface area contributed by atoms with Crippen LogP contribution in [-0.2, 0) is 4.79 Å². The number of carbonyl (C=O) groups is 2. The van der Waals surface area contributed by atoms with E-state index in [0.29, 0.717) is 15.7 Å². The van der Waals surface area contributed by atoms with Gasteiger partial charge in [-0.05, 0) is 73.6 Å². The molecule has 0 aliphatic carbocycles. The van der Waals surface area contributed by atoms with E-state index in [1.54, 1.807) is 30.3 Å². The zero-order chi connectivity index (χ0) is 20.8. The molecule has 0 aromatic heterocycles. The van der Waals surface area contributed by atoms with E-state index < -0.39 is 0 Å². The third kappa shape index (κ3) is 5.34. The Bertz CT molecular complexity index is 893. The predicted octanol–water partition coefficient (Wildman–Crippen LogP) is 5.30. The molecule has 1 aliphatic rings. The minimum atomic E-state index is -0.285. The molecule has 0 atom stereocenters. The second kappa shape index (κ2) is 9.85. The average Bonchev–Trinajstić information content (AvgIpc) is 2.99. The van der Waals surface area contributed by atoms with Gasteiger partial charge in [0, 0.05) is 23.8 Å². The monoisotopic (exact) mass is 430 g/mol. The first kappa shape index (κ1) is 21.3. The fourth-order valence-electron chi connectivity index (χ4n) is 3.00. The molecule has 7 heteroatoms. The van der Waals surface area contributed by atoms with Crippen molar-refractivity contribution in [1.29, 1.82) is 0 Å². The van der Waals surface area contributed by atoms with Gasteiger partial charge in [-0.2, -0.15) is 0 Å². The van der Waals surface area contributed by atoms with Crippen molar-refractivity contribution in [2.24, 2.45) is 0 Å². The first-order chi connectivity index (χ1) is 14.0. The first-order valence-corrected chi connectivity index (χ1v) is 10.7. The summed E-state index contributed by atoms with van der Waals surface area (Å²) < 4.78 is 5.59. The Morgan fingerprint density at radius 1 is 1.03 bits per heavy atom. The van der Waals surface area contributed by atoms with Gasteiger partial charge in [-0.25, -0.2) is 0 Å². The fourth-order valence-corrected chi connectivity index (χ4v) is 3.99. The van der Waals surface area contributed by atoms with Crippen molar-refractivity contribution in [2.75, 3.05) is 31.1 Å². The van der Waals surface area contributed by atoms with Crippen LogP contribution in [0.2, 0.25) is 5.02 Å². The molecule has 0 radical (unpaired) electrons. The van der Waals surface area contributed by atoms with E-state index in [-0.39, 0.29) is 24.3 Å². The van der Waals surface area contributed by atoms with Crippen LogP contribution in [0.3, 0.4) is 0 Å². The third-order valence-corrected chi connectivity index (χ3v) is 5.75. The van der Waals surface area contributed by atoms with Crippen LogP contribution in [0.25, 0.3) is 6.08 Å². The van der Waals surface area contributed by atoms with Crippen LogP contribution in [0.1, 0.15) is 19.4 Å². The molecule has 2 aromatic carbocycles. The van der Waals surface area contributed by atoms with E-state index in [1.165, 1.54) is 4.90 Å². The van der Waals surface area contributed by atoms with Gasteiger partial charge in [0.1, 0.15) is 12.4 Å². The molecule has 1 saturated heterocycles. The maximum Gasteiger partial charge on any atom is 0.293 e. The third-order valence-electron chi connectivity index (χ3n) is 4.59. The van der Waals surface area contributed by atoms with Crippen molar-refractivity contribution in [3.63, 3.8) is 0 Å². The molecule has 0 N–H and O–H groups in total. The molecule has 2 amide bonds. The molecular formula is C22H23ClN2O3S. The number of imide groups is 1. The Morgan fingerprint density at radius 2 is 1.69 bits per heavy atom. The van der Waals surface area contributed by atoms with Gasteiger partial charge in [0.15, 0.2) is 0 Å². The van der Waals surface area contributed by atoms with Crippen LogP contribution in [-0.4, -0.2) is 42.3 Å². The van der Waals surface area contributed by atoms with Crippen molar-refractivity contribution in [3.8, 4) is 5.75 Å².